The van der Waals surface area contributed by atoms with Gasteiger partial charge in [-0.05, 0) is 30.9 Å². The Morgan fingerprint density at radius 3 is 2.71 bits per heavy atom. The van der Waals surface area contributed by atoms with Crippen LogP contribution >= 0.6 is 11.6 Å². The molecule has 74 valence electrons. The van der Waals surface area contributed by atoms with E-state index in [2.05, 4.69) is 0 Å². The van der Waals surface area contributed by atoms with Crippen LogP contribution in [0.3, 0.4) is 0 Å². The molecular formula is C12H13ClO. The highest BCUT2D eigenvalue weighted by atomic mass is 35.5. The van der Waals surface area contributed by atoms with Crippen LogP contribution in [0.4, 0.5) is 0 Å². The van der Waals surface area contributed by atoms with E-state index in [-0.39, 0.29) is 0 Å². The van der Waals surface area contributed by atoms with Crippen molar-refractivity contribution in [1.29, 1.82) is 0 Å². The van der Waals surface area contributed by atoms with Crippen LogP contribution in [0.1, 0.15) is 24.8 Å². The molecule has 1 saturated carbocycles. The summed E-state index contributed by atoms with van der Waals surface area (Å²) in [5.74, 6) is 0.780. The van der Waals surface area contributed by atoms with Crippen molar-refractivity contribution in [3.8, 4) is 0 Å². The molecule has 0 N–H and O–H groups in total. The molecule has 0 amide bonds. The Balaban J connectivity index is 1.91. The summed E-state index contributed by atoms with van der Waals surface area (Å²) >= 11 is 5.99. The number of aryl methyl sites for hydroxylation is 1. The van der Waals surface area contributed by atoms with Gasteiger partial charge in [0.25, 0.3) is 0 Å². The molecule has 0 saturated heterocycles. The van der Waals surface area contributed by atoms with Crippen LogP contribution in [0, 0.1) is 5.92 Å². The van der Waals surface area contributed by atoms with Crippen LogP contribution in [-0.4, -0.2) is 5.78 Å². The molecule has 1 aliphatic rings. The molecule has 0 heterocycles. The highest BCUT2D eigenvalue weighted by molar-refractivity contribution is 6.31. The van der Waals surface area contributed by atoms with Gasteiger partial charge < -0.3 is 0 Å². The van der Waals surface area contributed by atoms with E-state index < -0.39 is 0 Å². The molecule has 0 atom stereocenters. The number of rotatable bonds is 4. The first-order valence-electron chi connectivity index (χ1n) is 5.03. The molecule has 0 unspecified atom stereocenters. The Hall–Kier alpha value is -0.820. The highest BCUT2D eigenvalue weighted by Crippen LogP contribution is 2.31. The molecule has 1 aromatic rings. The minimum absolute atomic E-state index is 0.373. The quantitative estimate of drug-likeness (QED) is 0.743. The van der Waals surface area contributed by atoms with Gasteiger partial charge in [0.2, 0.25) is 0 Å². The maximum Gasteiger partial charge on any atom is 0.136 e. The van der Waals surface area contributed by atoms with Gasteiger partial charge >= 0.3 is 0 Å². The lowest BCUT2D eigenvalue weighted by atomic mass is 10.1. The van der Waals surface area contributed by atoms with Gasteiger partial charge in [0.15, 0.2) is 0 Å². The minimum Gasteiger partial charge on any atom is -0.299 e. The van der Waals surface area contributed by atoms with Gasteiger partial charge in [-0.2, -0.15) is 0 Å². The molecule has 14 heavy (non-hydrogen) atoms. The fourth-order valence-corrected chi connectivity index (χ4v) is 1.80. The molecule has 1 aliphatic carbocycles. The van der Waals surface area contributed by atoms with E-state index in [1.807, 2.05) is 24.3 Å². The molecule has 0 spiro atoms. The van der Waals surface area contributed by atoms with Gasteiger partial charge in [-0.1, -0.05) is 29.8 Å². The molecule has 2 rings (SSSR count). The summed E-state index contributed by atoms with van der Waals surface area (Å²) in [7, 11) is 0. The van der Waals surface area contributed by atoms with Gasteiger partial charge in [-0.3, -0.25) is 4.79 Å². The molecule has 0 aromatic heterocycles. The van der Waals surface area contributed by atoms with Crippen LogP contribution < -0.4 is 0 Å². The number of hydrogen-bond donors (Lipinski definition) is 0. The third-order valence-corrected chi connectivity index (χ3v) is 3.00. The molecule has 2 heteroatoms. The SMILES string of the molecule is O=C(CCc1ccccc1Cl)C1CC1. The predicted molar refractivity (Wildman–Crippen MR) is 57.5 cm³/mol. The standard InChI is InChI=1S/C12H13ClO/c13-11-4-2-1-3-9(11)7-8-12(14)10-5-6-10/h1-4,10H,5-8H2. The van der Waals surface area contributed by atoms with E-state index in [1.54, 1.807) is 0 Å². The lowest BCUT2D eigenvalue weighted by Crippen LogP contribution is -2.02. The first-order valence-corrected chi connectivity index (χ1v) is 5.41. The van der Waals surface area contributed by atoms with E-state index in [1.165, 1.54) is 0 Å². The highest BCUT2D eigenvalue weighted by Gasteiger charge is 2.28. The van der Waals surface area contributed by atoms with Gasteiger partial charge in [-0.15, -0.1) is 0 Å². The molecule has 0 aliphatic heterocycles. The summed E-state index contributed by atoms with van der Waals surface area (Å²) in [6.45, 7) is 0. The largest absolute Gasteiger partial charge is 0.299 e. The van der Waals surface area contributed by atoms with E-state index in [0.717, 1.165) is 29.8 Å². The van der Waals surface area contributed by atoms with E-state index in [0.29, 0.717) is 18.1 Å². The lowest BCUT2D eigenvalue weighted by molar-refractivity contribution is -0.120. The van der Waals surface area contributed by atoms with Crippen LogP contribution in [0.25, 0.3) is 0 Å². The van der Waals surface area contributed by atoms with Gasteiger partial charge in [0, 0.05) is 17.4 Å². The summed E-state index contributed by atoms with van der Waals surface area (Å²) in [6.07, 6.45) is 3.63. The van der Waals surface area contributed by atoms with E-state index in [9.17, 15) is 4.79 Å². The monoisotopic (exact) mass is 208 g/mol. The second kappa shape index (κ2) is 4.14. The Bertz CT molecular complexity index is 342. The van der Waals surface area contributed by atoms with Crippen LogP contribution in [-0.2, 0) is 11.2 Å². The zero-order valence-electron chi connectivity index (χ0n) is 8.00. The number of ketones is 1. The van der Waals surface area contributed by atoms with Crippen molar-refractivity contribution in [1.82, 2.24) is 0 Å². The van der Waals surface area contributed by atoms with Gasteiger partial charge in [0.05, 0.1) is 0 Å². The average Bonchev–Trinajstić information content (AvgIpc) is 2.99. The summed E-state index contributed by atoms with van der Waals surface area (Å²) in [6, 6.07) is 7.73. The summed E-state index contributed by atoms with van der Waals surface area (Å²) in [4.78, 5) is 11.4. The van der Waals surface area contributed by atoms with Crippen molar-refractivity contribution in [3.05, 3.63) is 34.9 Å². The van der Waals surface area contributed by atoms with Crippen molar-refractivity contribution in [2.45, 2.75) is 25.7 Å². The molecular weight excluding hydrogens is 196 g/mol. The third kappa shape index (κ3) is 2.36. The van der Waals surface area contributed by atoms with Crippen molar-refractivity contribution in [2.75, 3.05) is 0 Å². The minimum atomic E-state index is 0.373. The van der Waals surface area contributed by atoms with Gasteiger partial charge in [0.1, 0.15) is 5.78 Å². The Morgan fingerprint density at radius 1 is 1.36 bits per heavy atom. The van der Waals surface area contributed by atoms with Crippen LogP contribution in [0.5, 0.6) is 0 Å². The van der Waals surface area contributed by atoms with Crippen LogP contribution in [0.2, 0.25) is 5.02 Å². The first-order chi connectivity index (χ1) is 6.77. The number of benzene rings is 1. The number of hydrogen-bond acceptors (Lipinski definition) is 1. The van der Waals surface area contributed by atoms with Crippen molar-refractivity contribution in [3.63, 3.8) is 0 Å². The number of halogens is 1. The smallest absolute Gasteiger partial charge is 0.136 e. The second-order valence-corrected chi connectivity index (χ2v) is 4.24. The Labute approximate surface area is 89.1 Å². The topological polar surface area (TPSA) is 17.1 Å². The average molecular weight is 209 g/mol. The van der Waals surface area contributed by atoms with Crippen molar-refractivity contribution in [2.24, 2.45) is 5.92 Å². The summed E-state index contributed by atoms with van der Waals surface area (Å²) in [5.41, 5.74) is 1.09. The normalized spacial score (nSPS) is 15.5. The number of Topliss-reactive ketones (excluding diaryl/α,β-unsaturated/α-hetero) is 1. The lowest BCUT2D eigenvalue weighted by Gasteiger charge is -2.02. The maximum atomic E-state index is 11.4. The molecule has 1 fully saturated rings. The van der Waals surface area contributed by atoms with E-state index >= 15 is 0 Å². The molecule has 1 nitrogen and oxygen atoms in total. The Morgan fingerprint density at radius 2 is 2.07 bits per heavy atom. The number of carbonyl (C=O) groups is 1. The molecule has 0 bridgehead atoms. The molecule has 0 radical (unpaired) electrons. The van der Waals surface area contributed by atoms with Crippen molar-refractivity contribution >= 4 is 17.4 Å². The summed E-state index contributed by atoms with van der Waals surface area (Å²) < 4.78 is 0. The van der Waals surface area contributed by atoms with Crippen molar-refractivity contribution < 1.29 is 4.79 Å². The molecule has 1 aromatic carbocycles. The fraction of sp³-hybridized carbons (Fsp3) is 0.417. The zero-order chi connectivity index (χ0) is 9.97. The zero-order valence-corrected chi connectivity index (χ0v) is 8.76. The third-order valence-electron chi connectivity index (χ3n) is 2.63. The number of carbonyl (C=O) groups excluding carboxylic acids is 1. The van der Waals surface area contributed by atoms with Gasteiger partial charge in [-0.25, -0.2) is 0 Å². The Kier molecular flexibility index (Phi) is 2.87. The fourth-order valence-electron chi connectivity index (χ4n) is 1.57. The van der Waals surface area contributed by atoms with E-state index in [4.69, 9.17) is 11.6 Å². The van der Waals surface area contributed by atoms with Crippen LogP contribution in [0.15, 0.2) is 24.3 Å². The summed E-state index contributed by atoms with van der Waals surface area (Å²) in [5, 5.41) is 0.774. The first kappa shape index (κ1) is 9.72. The predicted octanol–water partition coefficient (Wildman–Crippen LogP) is 3.25. The maximum absolute atomic E-state index is 11.4. The second-order valence-electron chi connectivity index (χ2n) is 3.83.